The maximum Gasteiger partial charge on any atom is 0.227 e. The van der Waals surface area contributed by atoms with Crippen molar-refractivity contribution in [1.82, 2.24) is 19.5 Å². The Labute approximate surface area is 202 Å². The predicted octanol–water partition coefficient (Wildman–Crippen LogP) is 6.20. The van der Waals surface area contributed by atoms with E-state index in [1.54, 1.807) is 43.7 Å². The molecule has 0 bridgehead atoms. The van der Waals surface area contributed by atoms with E-state index in [0.717, 1.165) is 24.1 Å². The molecule has 1 aliphatic rings. The van der Waals surface area contributed by atoms with Gasteiger partial charge < -0.3 is 15.0 Å². The van der Waals surface area contributed by atoms with E-state index in [4.69, 9.17) is 9.97 Å². The molecule has 0 aliphatic heterocycles. The average Bonchev–Trinajstić information content (AvgIpc) is 3.28. The van der Waals surface area contributed by atoms with Crippen molar-refractivity contribution in [1.29, 1.82) is 0 Å². The lowest BCUT2D eigenvalue weighted by molar-refractivity contribution is 0.0101. The molecule has 35 heavy (non-hydrogen) atoms. The lowest BCUT2D eigenvalue weighted by Crippen LogP contribution is -2.31. The Kier molecular flexibility index (Phi) is 6.06. The van der Waals surface area contributed by atoms with Crippen LogP contribution in [-0.2, 0) is 0 Å². The van der Waals surface area contributed by atoms with Crippen LogP contribution in [0.4, 0.5) is 20.4 Å². The highest BCUT2D eigenvalue weighted by Gasteiger charge is 2.31. The summed E-state index contributed by atoms with van der Waals surface area (Å²) in [6, 6.07) is 13.0. The Hall–Kier alpha value is -3.65. The Morgan fingerprint density at radius 3 is 2.51 bits per heavy atom. The van der Waals surface area contributed by atoms with Gasteiger partial charge in [0.05, 0.1) is 29.0 Å². The van der Waals surface area contributed by atoms with Crippen molar-refractivity contribution >= 4 is 11.6 Å². The first kappa shape index (κ1) is 23.1. The van der Waals surface area contributed by atoms with Gasteiger partial charge in [-0.3, -0.25) is 0 Å². The first-order valence-electron chi connectivity index (χ1n) is 11.7. The van der Waals surface area contributed by atoms with E-state index in [9.17, 15) is 13.9 Å². The number of benzene rings is 2. The van der Waals surface area contributed by atoms with Crippen molar-refractivity contribution in [3.8, 4) is 22.6 Å². The number of halogens is 2. The topological polar surface area (TPSA) is 75.9 Å². The minimum absolute atomic E-state index is 0.142. The summed E-state index contributed by atoms with van der Waals surface area (Å²) in [5, 5.41) is 13.6. The van der Waals surface area contributed by atoms with Gasteiger partial charge in [0, 0.05) is 29.1 Å². The molecule has 2 N–H and O–H groups in total. The van der Waals surface area contributed by atoms with Crippen molar-refractivity contribution in [3.05, 3.63) is 78.3 Å². The molecule has 8 heteroatoms. The monoisotopic (exact) mass is 475 g/mol. The van der Waals surface area contributed by atoms with Crippen LogP contribution >= 0.6 is 0 Å². The van der Waals surface area contributed by atoms with Crippen LogP contribution in [0.25, 0.3) is 22.6 Å². The van der Waals surface area contributed by atoms with Crippen molar-refractivity contribution in [3.63, 3.8) is 0 Å². The molecule has 0 spiro atoms. The van der Waals surface area contributed by atoms with Crippen molar-refractivity contribution in [2.45, 2.75) is 51.2 Å². The molecule has 2 aromatic carbocycles. The van der Waals surface area contributed by atoms with E-state index < -0.39 is 5.60 Å². The largest absolute Gasteiger partial charge is 0.390 e. The molecule has 180 valence electrons. The summed E-state index contributed by atoms with van der Waals surface area (Å²) in [6.07, 6.45) is 6.43. The van der Waals surface area contributed by atoms with Crippen LogP contribution < -0.4 is 5.32 Å². The van der Waals surface area contributed by atoms with Crippen LogP contribution in [0.2, 0.25) is 0 Å². The van der Waals surface area contributed by atoms with Crippen LogP contribution in [0.3, 0.4) is 0 Å². The zero-order valence-corrected chi connectivity index (χ0v) is 19.7. The van der Waals surface area contributed by atoms with Gasteiger partial charge in [0.25, 0.3) is 0 Å². The van der Waals surface area contributed by atoms with Gasteiger partial charge in [-0.15, -0.1) is 0 Å². The molecule has 1 saturated carbocycles. The van der Waals surface area contributed by atoms with Crippen LogP contribution in [0, 0.1) is 18.6 Å². The summed E-state index contributed by atoms with van der Waals surface area (Å²) >= 11 is 0. The zero-order valence-electron chi connectivity index (χ0n) is 19.7. The summed E-state index contributed by atoms with van der Waals surface area (Å²) in [4.78, 5) is 13.8. The number of aromatic nitrogens is 4. The molecule has 2 aromatic heterocycles. The molecular weight excluding hydrogens is 448 g/mol. The molecule has 5 rings (SSSR count). The van der Waals surface area contributed by atoms with Gasteiger partial charge in [-0.25, -0.2) is 23.7 Å². The Balaban J connectivity index is 1.57. The van der Waals surface area contributed by atoms with E-state index in [1.165, 1.54) is 18.2 Å². The van der Waals surface area contributed by atoms with Gasteiger partial charge in [-0.2, -0.15) is 0 Å². The van der Waals surface area contributed by atoms with Crippen LogP contribution in [0.5, 0.6) is 0 Å². The SMILES string of the molecule is Cc1c(F)cccc1Nc1nccc(-c2c(-c3ccc(F)cc3)ncn2C2CCC(C)(O)CC2)n1. The predicted molar refractivity (Wildman–Crippen MR) is 131 cm³/mol. The molecule has 4 aromatic rings. The van der Waals surface area contributed by atoms with Gasteiger partial charge in [-0.05, 0) is 82.0 Å². The molecule has 0 saturated heterocycles. The quantitative estimate of drug-likeness (QED) is 0.359. The van der Waals surface area contributed by atoms with E-state index in [2.05, 4.69) is 14.9 Å². The maximum absolute atomic E-state index is 14.0. The summed E-state index contributed by atoms with van der Waals surface area (Å²) in [7, 11) is 0. The summed E-state index contributed by atoms with van der Waals surface area (Å²) < 4.78 is 29.7. The number of anilines is 2. The summed E-state index contributed by atoms with van der Waals surface area (Å²) in [6.45, 7) is 3.57. The van der Waals surface area contributed by atoms with Gasteiger partial charge >= 0.3 is 0 Å². The third-order valence-electron chi connectivity index (χ3n) is 6.75. The fourth-order valence-corrected chi connectivity index (χ4v) is 4.63. The van der Waals surface area contributed by atoms with E-state index in [0.29, 0.717) is 41.4 Å². The maximum atomic E-state index is 14.0. The van der Waals surface area contributed by atoms with E-state index in [-0.39, 0.29) is 17.7 Å². The number of hydrogen-bond donors (Lipinski definition) is 2. The zero-order chi connectivity index (χ0) is 24.6. The number of nitrogens with zero attached hydrogens (tertiary/aromatic N) is 4. The van der Waals surface area contributed by atoms with Gasteiger partial charge in [0.15, 0.2) is 0 Å². The summed E-state index contributed by atoms with van der Waals surface area (Å²) in [5.41, 5.74) is 3.31. The molecule has 2 heterocycles. The fraction of sp³-hybridized carbons (Fsp3) is 0.296. The van der Waals surface area contributed by atoms with Crippen LogP contribution in [0.1, 0.15) is 44.2 Å². The highest BCUT2D eigenvalue weighted by molar-refractivity contribution is 5.77. The first-order chi connectivity index (χ1) is 16.8. The second kappa shape index (κ2) is 9.19. The number of aliphatic hydroxyl groups is 1. The second-order valence-electron chi connectivity index (χ2n) is 9.39. The number of hydrogen-bond acceptors (Lipinski definition) is 5. The van der Waals surface area contributed by atoms with Crippen LogP contribution in [-0.4, -0.2) is 30.2 Å². The minimum Gasteiger partial charge on any atom is -0.390 e. The van der Waals surface area contributed by atoms with Crippen LogP contribution in [0.15, 0.2) is 61.1 Å². The van der Waals surface area contributed by atoms with Gasteiger partial charge in [-0.1, -0.05) is 6.07 Å². The summed E-state index contributed by atoms with van der Waals surface area (Å²) in [5.74, 6) is -0.292. The highest BCUT2D eigenvalue weighted by Crippen LogP contribution is 2.40. The number of imidazole rings is 1. The Morgan fingerprint density at radius 2 is 1.77 bits per heavy atom. The second-order valence-corrected chi connectivity index (χ2v) is 9.39. The van der Waals surface area contributed by atoms with Gasteiger partial charge in [0.1, 0.15) is 11.6 Å². The molecule has 0 amide bonds. The van der Waals surface area contributed by atoms with E-state index in [1.807, 2.05) is 13.0 Å². The molecule has 0 unspecified atom stereocenters. The number of nitrogens with one attached hydrogen (secondary N) is 1. The highest BCUT2D eigenvalue weighted by atomic mass is 19.1. The number of rotatable bonds is 5. The molecule has 0 radical (unpaired) electrons. The van der Waals surface area contributed by atoms with Gasteiger partial charge in [0.2, 0.25) is 5.95 Å². The van der Waals surface area contributed by atoms with Crippen molar-refractivity contribution < 1.29 is 13.9 Å². The molecule has 6 nitrogen and oxygen atoms in total. The Morgan fingerprint density at radius 1 is 1.03 bits per heavy atom. The lowest BCUT2D eigenvalue weighted by atomic mass is 9.83. The minimum atomic E-state index is -0.661. The van der Waals surface area contributed by atoms with E-state index >= 15 is 0 Å². The third-order valence-corrected chi connectivity index (χ3v) is 6.75. The standard InChI is InChI=1S/C27H27F2N5O/c1-17-21(29)4-3-5-22(17)32-26-30-15-12-23(33-26)25-24(18-6-8-19(28)9-7-18)31-16-34(25)20-10-13-27(2,35)14-11-20/h3-9,12,15-16,20,35H,10-11,13-14H2,1-2H3,(H,30,32,33). The molecular formula is C27H27F2N5O. The third kappa shape index (κ3) is 4.79. The molecule has 1 fully saturated rings. The lowest BCUT2D eigenvalue weighted by Gasteiger charge is -2.34. The van der Waals surface area contributed by atoms with Crippen molar-refractivity contribution in [2.24, 2.45) is 0 Å². The molecule has 1 aliphatic carbocycles. The average molecular weight is 476 g/mol. The smallest absolute Gasteiger partial charge is 0.227 e. The normalized spacial score (nSPS) is 20.1. The molecule has 0 atom stereocenters. The van der Waals surface area contributed by atoms with Crippen molar-refractivity contribution in [2.75, 3.05) is 5.32 Å². The fourth-order valence-electron chi connectivity index (χ4n) is 4.63. The first-order valence-corrected chi connectivity index (χ1v) is 11.7. The Bertz CT molecular complexity index is 1340.